The van der Waals surface area contributed by atoms with Crippen molar-refractivity contribution in [2.24, 2.45) is 5.73 Å². The van der Waals surface area contributed by atoms with Crippen LogP contribution in [0.5, 0.6) is 0 Å². The minimum absolute atomic E-state index is 0.0415. The Balaban J connectivity index is 3.54. The van der Waals surface area contributed by atoms with Gasteiger partial charge in [0.2, 0.25) is 0 Å². The van der Waals surface area contributed by atoms with Crippen molar-refractivity contribution in [2.75, 3.05) is 0 Å². The van der Waals surface area contributed by atoms with E-state index in [2.05, 4.69) is 65.8 Å². The maximum Gasteiger partial charge on any atom is 0.114 e. The van der Waals surface area contributed by atoms with Crippen LogP contribution in [0.2, 0.25) is 0 Å². The molecule has 0 aromatic heterocycles. The van der Waals surface area contributed by atoms with E-state index in [1.165, 1.54) is 11.1 Å². The summed E-state index contributed by atoms with van der Waals surface area (Å²) in [5, 5.41) is 9.13. The maximum atomic E-state index is 9.13. The summed E-state index contributed by atoms with van der Waals surface area (Å²) in [5.41, 5.74) is 9.45. The van der Waals surface area contributed by atoms with Crippen molar-refractivity contribution in [1.82, 2.24) is 0 Å². The van der Waals surface area contributed by atoms with Gasteiger partial charge in [-0.2, -0.15) is 5.26 Å². The molecular weight excluding hydrogens is 276 g/mol. The monoisotopic (exact) mass is 300 g/mol. The lowest BCUT2D eigenvalue weighted by Gasteiger charge is -2.25. The summed E-state index contributed by atoms with van der Waals surface area (Å²) in [4.78, 5) is 0.135. The highest BCUT2D eigenvalue weighted by molar-refractivity contribution is 7.80. The number of nitriles is 1. The van der Waals surface area contributed by atoms with Crippen LogP contribution in [0.15, 0.2) is 23.8 Å². The van der Waals surface area contributed by atoms with Crippen LogP contribution in [-0.4, -0.2) is 4.99 Å². The molecule has 0 unspecified atom stereocenters. The Hall–Kier alpha value is -1.66. The second kappa shape index (κ2) is 5.99. The Morgan fingerprint density at radius 3 is 1.76 bits per heavy atom. The van der Waals surface area contributed by atoms with Gasteiger partial charge in [0.25, 0.3) is 0 Å². The third-order valence-corrected chi connectivity index (χ3v) is 3.60. The average molecular weight is 300 g/mol. The second-order valence-corrected chi connectivity index (χ2v) is 7.82. The zero-order valence-electron chi connectivity index (χ0n) is 13.7. The van der Waals surface area contributed by atoms with Crippen LogP contribution in [0.3, 0.4) is 0 Å². The molecule has 2 N–H and O–H groups in total. The Bertz CT molecular complexity index is 588. The Morgan fingerprint density at radius 2 is 1.48 bits per heavy atom. The molecule has 0 radical (unpaired) electrons. The summed E-state index contributed by atoms with van der Waals surface area (Å²) < 4.78 is 0. The number of nitrogens with two attached hydrogens (primary N) is 1. The standard InChI is InChI=1S/C18H24N2S/c1-17(2,3)14-8-12(7-13(11-19)16(20)21)9-15(10-14)18(4,5)6/h7-10H,1-6H3,(H2,20,21)/b13-7+. The number of rotatable bonds is 2. The molecule has 0 amide bonds. The fourth-order valence-electron chi connectivity index (χ4n) is 1.93. The molecule has 3 heteroatoms. The molecule has 0 aliphatic rings. The van der Waals surface area contributed by atoms with Crippen molar-refractivity contribution in [2.45, 2.75) is 52.4 Å². The van der Waals surface area contributed by atoms with Gasteiger partial charge in [-0.05, 0) is 33.6 Å². The first-order valence-corrected chi connectivity index (χ1v) is 7.43. The molecule has 0 bridgehead atoms. The summed E-state index contributed by atoms with van der Waals surface area (Å²) >= 11 is 4.91. The molecule has 1 rings (SSSR count). The lowest BCUT2D eigenvalue weighted by atomic mass is 9.79. The Kier molecular flexibility index (Phi) is 4.96. The predicted octanol–water partition coefficient (Wildman–Crippen LogP) is 4.47. The van der Waals surface area contributed by atoms with Gasteiger partial charge in [-0.1, -0.05) is 72.0 Å². The molecule has 0 fully saturated rings. The quantitative estimate of drug-likeness (QED) is 0.498. The second-order valence-electron chi connectivity index (χ2n) is 7.38. The van der Waals surface area contributed by atoms with Crippen LogP contribution in [0.1, 0.15) is 58.2 Å². The predicted molar refractivity (Wildman–Crippen MR) is 94.2 cm³/mol. The van der Waals surface area contributed by atoms with Crippen molar-refractivity contribution in [3.8, 4) is 6.07 Å². The lowest BCUT2D eigenvalue weighted by Crippen LogP contribution is -2.17. The van der Waals surface area contributed by atoms with E-state index in [1.807, 2.05) is 0 Å². The molecule has 1 aromatic rings. The number of benzene rings is 1. The number of thiocarbonyl (C=S) groups is 1. The molecule has 1 aromatic carbocycles. The fourth-order valence-corrected chi connectivity index (χ4v) is 2.03. The van der Waals surface area contributed by atoms with E-state index in [-0.39, 0.29) is 15.8 Å². The summed E-state index contributed by atoms with van der Waals surface area (Å²) in [7, 11) is 0. The third-order valence-electron chi connectivity index (χ3n) is 3.38. The van der Waals surface area contributed by atoms with E-state index in [1.54, 1.807) is 6.08 Å². The molecular formula is C18H24N2S. The average Bonchev–Trinajstić information content (AvgIpc) is 2.33. The molecule has 0 saturated heterocycles. The summed E-state index contributed by atoms with van der Waals surface area (Å²) in [6.07, 6.45) is 1.77. The van der Waals surface area contributed by atoms with E-state index in [0.29, 0.717) is 5.57 Å². The Morgan fingerprint density at radius 1 is 1.05 bits per heavy atom. The minimum Gasteiger partial charge on any atom is -0.389 e. The summed E-state index contributed by atoms with van der Waals surface area (Å²) in [6, 6.07) is 8.51. The minimum atomic E-state index is 0.0415. The molecule has 0 saturated carbocycles. The van der Waals surface area contributed by atoms with Gasteiger partial charge >= 0.3 is 0 Å². The number of nitrogens with zero attached hydrogens (tertiary/aromatic N) is 1. The first kappa shape index (κ1) is 17.4. The first-order valence-electron chi connectivity index (χ1n) is 7.03. The van der Waals surface area contributed by atoms with E-state index in [9.17, 15) is 0 Å². The van der Waals surface area contributed by atoms with Crippen LogP contribution < -0.4 is 5.73 Å². The van der Waals surface area contributed by atoms with Gasteiger partial charge in [0.1, 0.15) is 11.1 Å². The van der Waals surface area contributed by atoms with Crippen LogP contribution in [0.25, 0.3) is 6.08 Å². The third kappa shape index (κ3) is 4.68. The summed E-state index contributed by atoms with van der Waals surface area (Å²) in [6.45, 7) is 13.1. The molecule has 21 heavy (non-hydrogen) atoms. The van der Waals surface area contributed by atoms with Crippen LogP contribution in [0.4, 0.5) is 0 Å². The van der Waals surface area contributed by atoms with Crippen LogP contribution >= 0.6 is 12.2 Å². The SMILES string of the molecule is CC(C)(C)c1cc(/C=C(\C#N)C(N)=S)cc(C(C)(C)C)c1. The highest BCUT2D eigenvalue weighted by Gasteiger charge is 2.20. The van der Waals surface area contributed by atoms with Crippen LogP contribution in [0, 0.1) is 11.3 Å². The largest absolute Gasteiger partial charge is 0.389 e. The van der Waals surface area contributed by atoms with Crippen LogP contribution in [-0.2, 0) is 10.8 Å². The van der Waals surface area contributed by atoms with Gasteiger partial charge in [0.05, 0.1) is 5.57 Å². The normalized spacial score (nSPS) is 12.9. The molecule has 0 atom stereocenters. The Labute approximate surface area is 133 Å². The number of hydrogen-bond acceptors (Lipinski definition) is 2. The van der Waals surface area contributed by atoms with Crippen molar-refractivity contribution >= 4 is 23.3 Å². The summed E-state index contributed by atoms with van der Waals surface area (Å²) in [5.74, 6) is 0. The molecule has 112 valence electrons. The maximum absolute atomic E-state index is 9.13. The smallest absolute Gasteiger partial charge is 0.114 e. The zero-order valence-corrected chi connectivity index (χ0v) is 14.6. The number of hydrogen-bond donors (Lipinski definition) is 1. The van der Waals surface area contributed by atoms with Gasteiger partial charge < -0.3 is 5.73 Å². The van der Waals surface area contributed by atoms with Gasteiger partial charge in [-0.25, -0.2) is 0 Å². The van der Waals surface area contributed by atoms with E-state index in [4.69, 9.17) is 23.2 Å². The fraction of sp³-hybridized carbons (Fsp3) is 0.444. The van der Waals surface area contributed by atoms with Gasteiger partial charge in [-0.3, -0.25) is 0 Å². The first-order chi connectivity index (χ1) is 9.45. The van der Waals surface area contributed by atoms with Crippen molar-refractivity contribution in [3.05, 3.63) is 40.5 Å². The van der Waals surface area contributed by atoms with E-state index >= 15 is 0 Å². The molecule has 0 heterocycles. The molecule has 0 spiro atoms. The van der Waals surface area contributed by atoms with Crippen molar-refractivity contribution < 1.29 is 0 Å². The molecule has 0 aliphatic heterocycles. The van der Waals surface area contributed by atoms with Gasteiger partial charge in [0, 0.05) is 0 Å². The highest BCUT2D eigenvalue weighted by Crippen LogP contribution is 2.31. The van der Waals surface area contributed by atoms with E-state index in [0.717, 1.165) is 5.56 Å². The highest BCUT2D eigenvalue weighted by atomic mass is 32.1. The van der Waals surface area contributed by atoms with Gasteiger partial charge in [-0.15, -0.1) is 0 Å². The zero-order chi connectivity index (χ0) is 16.4. The van der Waals surface area contributed by atoms with Crippen molar-refractivity contribution in [3.63, 3.8) is 0 Å². The van der Waals surface area contributed by atoms with Gasteiger partial charge in [0.15, 0.2) is 0 Å². The molecule has 2 nitrogen and oxygen atoms in total. The lowest BCUT2D eigenvalue weighted by molar-refractivity contribution is 0.568. The van der Waals surface area contributed by atoms with E-state index < -0.39 is 0 Å². The molecule has 0 aliphatic carbocycles. The van der Waals surface area contributed by atoms with Crippen molar-refractivity contribution in [1.29, 1.82) is 5.26 Å². The topological polar surface area (TPSA) is 49.8 Å².